The molecule has 2 rings (SSSR count). The van der Waals surface area contributed by atoms with Crippen molar-refractivity contribution in [3.05, 3.63) is 0 Å². The molecule has 2 saturated carbocycles. The fourth-order valence-electron chi connectivity index (χ4n) is 3.95. The smallest absolute Gasteiger partial charge is 0.303 e. The molecule has 2 atom stereocenters. The summed E-state index contributed by atoms with van der Waals surface area (Å²) >= 11 is 0. The second kappa shape index (κ2) is 7.30. The van der Waals surface area contributed by atoms with Gasteiger partial charge in [0.2, 0.25) is 0 Å². The van der Waals surface area contributed by atoms with Crippen LogP contribution in [0.15, 0.2) is 0 Å². The predicted octanol–water partition coefficient (Wildman–Crippen LogP) is 2.92. The Kier molecular flexibility index (Phi) is 6.38. The summed E-state index contributed by atoms with van der Waals surface area (Å²) in [4.78, 5) is 21.7. The maximum absolute atomic E-state index is 11.9. The van der Waals surface area contributed by atoms with Crippen molar-refractivity contribution in [2.45, 2.75) is 65.7 Å². The zero-order chi connectivity index (χ0) is 17.9. The minimum absolute atomic E-state index is 0.0152. The monoisotopic (exact) mass is 348 g/mol. The van der Waals surface area contributed by atoms with Gasteiger partial charge >= 0.3 is 5.97 Å². The maximum atomic E-state index is 11.9. The van der Waals surface area contributed by atoms with E-state index in [1.54, 1.807) is 0 Å². The van der Waals surface area contributed by atoms with E-state index in [9.17, 15) is 18.0 Å². The van der Waals surface area contributed by atoms with Gasteiger partial charge in [0.25, 0.3) is 10.1 Å². The largest absolute Gasteiger partial charge is 0.481 e. The van der Waals surface area contributed by atoms with E-state index in [2.05, 4.69) is 6.92 Å². The highest BCUT2D eigenvalue weighted by Gasteiger charge is 2.65. The number of hydrogen-bond donors (Lipinski definition) is 2. The van der Waals surface area contributed by atoms with Crippen LogP contribution in [0.5, 0.6) is 0 Å². The Balaban J connectivity index is 0.000000284. The Hall–Kier alpha value is -0.950. The Bertz CT molecular complexity index is 551. The first-order valence-electron chi connectivity index (χ1n) is 8.16. The lowest BCUT2D eigenvalue weighted by molar-refractivity contribution is -0.137. The number of rotatable bonds is 6. The number of ketones is 1. The van der Waals surface area contributed by atoms with Crippen LogP contribution in [0.4, 0.5) is 0 Å². The number of carbonyl (C=O) groups excluding carboxylic acids is 1. The number of Topliss-reactive ketones (excluding diaryl/α,β-unsaturated/α-hetero) is 1. The van der Waals surface area contributed by atoms with Crippen LogP contribution in [0.1, 0.15) is 65.7 Å². The van der Waals surface area contributed by atoms with E-state index in [4.69, 9.17) is 9.66 Å². The summed E-state index contributed by atoms with van der Waals surface area (Å²) in [6.07, 6.45) is 5.25. The van der Waals surface area contributed by atoms with Crippen LogP contribution < -0.4 is 0 Å². The number of aliphatic carboxylic acids is 1. The number of fused-ring (bicyclic) bond motifs is 2. The Morgan fingerprint density at radius 1 is 1.30 bits per heavy atom. The van der Waals surface area contributed by atoms with E-state index in [0.717, 1.165) is 25.7 Å². The summed E-state index contributed by atoms with van der Waals surface area (Å²) in [7, 11) is -4.08. The fourth-order valence-corrected chi connectivity index (χ4v) is 5.25. The molecule has 0 aliphatic heterocycles. The first-order chi connectivity index (χ1) is 10.5. The van der Waals surface area contributed by atoms with Crippen molar-refractivity contribution < 1.29 is 27.7 Å². The van der Waals surface area contributed by atoms with E-state index in [1.165, 1.54) is 0 Å². The zero-order valence-corrected chi connectivity index (χ0v) is 15.0. The van der Waals surface area contributed by atoms with Gasteiger partial charge in [-0.1, -0.05) is 33.6 Å². The van der Waals surface area contributed by atoms with Gasteiger partial charge in [0.1, 0.15) is 5.78 Å². The highest BCUT2D eigenvalue weighted by atomic mass is 32.2. The molecule has 134 valence electrons. The summed E-state index contributed by atoms with van der Waals surface area (Å²) in [5.41, 5.74) is -1.12. The van der Waals surface area contributed by atoms with E-state index >= 15 is 0 Å². The topological polar surface area (TPSA) is 109 Å². The summed E-state index contributed by atoms with van der Waals surface area (Å²) in [6, 6.07) is 0. The second-order valence-electron chi connectivity index (χ2n) is 7.24. The maximum Gasteiger partial charge on any atom is 0.303 e. The molecule has 0 heterocycles. The third kappa shape index (κ3) is 4.53. The predicted molar refractivity (Wildman–Crippen MR) is 86.8 cm³/mol. The Labute approximate surface area is 138 Å². The van der Waals surface area contributed by atoms with Gasteiger partial charge in [-0.15, -0.1) is 0 Å². The van der Waals surface area contributed by atoms with Gasteiger partial charge in [-0.2, -0.15) is 8.42 Å². The average molecular weight is 348 g/mol. The van der Waals surface area contributed by atoms with Gasteiger partial charge in [-0.3, -0.25) is 14.1 Å². The van der Waals surface area contributed by atoms with E-state index in [-0.39, 0.29) is 17.1 Å². The summed E-state index contributed by atoms with van der Waals surface area (Å²) in [6.45, 7) is 5.95. The van der Waals surface area contributed by atoms with Crippen molar-refractivity contribution in [3.8, 4) is 0 Å². The van der Waals surface area contributed by atoms with Gasteiger partial charge < -0.3 is 5.11 Å². The molecule has 2 bridgehead atoms. The Morgan fingerprint density at radius 2 is 1.91 bits per heavy atom. The third-order valence-electron chi connectivity index (χ3n) is 5.56. The standard InChI is InChI=1S/C10H16O4S.C6H12O2/c1-9(2)7-3-4-10(9,8(11)5-7)6-15(12,13)14;1-2-3-4-5-6(7)8/h7H,3-6H2,1-2H3,(H,12,13,14);2-5H2,1H3,(H,7,8). The van der Waals surface area contributed by atoms with Gasteiger partial charge in [0.15, 0.2) is 0 Å². The van der Waals surface area contributed by atoms with Crippen molar-refractivity contribution in [3.63, 3.8) is 0 Å². The summed E-state index contributed by atoms with van der Waals surface area (Å²) in [5, 5.41) is 8.14. The Morgan fingerprint density at radius 3 is 2.26 bits per heavy atom. The summed E-state index contributed by atoms with van der Waals surface area (Å²) in [5.74, 6) is -0.783. The quantitative estimate of drug-likeness (QED) is 0.564. The fraction of sp³-hybridized carbons (Fsp3) is 0.875. The molecule has 2 fully saturated rings. The molecule has 0 aromatic heterocycles. The summed E-state index contributed by atoms with van der Waals surface area (Å²) < 4.78 is 31.0. The molecule has 6 nitrogen and oxygen atoms in total. The lowest BCUT2D eigenvalue weighted by atomic mass is 9.70. The van der Waals surface area contributed by atoms with Crippen molar-refractivity contribution >= 4 is 21.9 Å². The SMILES string of the molecule is CC1(C)C2CCC1(CS(=O)(=O)O)C(=O)C2.CCCCCC(=O)O. The molecule has 23 heavy (non-hydrogen) atoms. The van der Waals surface area contributed by atoms with Gasteiger partial charge in [-0.25, -0.2) is 0 Å². The highest BCUT2D eigenvalue weighted by molar-refractivity contribution is 7.85. The number of carboxylic acid groups (broad SMARTS) is 1. The number of unbranched alkanes of at least 4 members (excludes halogenated alkanes) is 2. The van der Waals surface area contributed by atoms with E-state index in [0.29, 0.717) is 19.3 Å². The molecule has 0 aromatic carbocycles. The molecule has 2 aliphatic carbocycles. The van der Waals surface area contributed by atoms with Crippen LogP contribution in [0.2, 0.25) is 0 Å². The van der Waals surface area contributed by atoms with E-state index in [1.807, 2.05) is 13.8 Å². The lowest BCUT2D eigenvalue weighted by Gasteiger charge is -2.35. The van der Waals surface area contributed by atoms with Crippen molar-refractivity contribution in [2.24, 2.45) is 16.7 Å². The molecule has 0 saturated heterocycles. The molecule has 0 spiro atoms. The van der Waals surface area contributed by atoms with E-state index < -0.39 is 27.3 Å². The molecule has 2 N–H and O–H groups in total. The minimum Gasteiger partial charge on any atom is -0.481 e. The first-order valence-corrected chi connectivity index (χ1v) is 9.77. The van der Waals surface area contributed by atoms with Crippen LogP contribution >= 0.6 is 0 Å². The van der Waals surface area contributed by atoms with Crippen LogP contribution in [0.25, 0.3) is 0 Å². The molecule has 7 heteroatoms. The molecular formula is C16H28O6S. The molecule has 0 radical (unpaired) electrons. The molecular weight excluding hydrogens is 320 g/mol. The van der Waals surface area contributed by atoms with Crippen LogP contribution in [0.3, 0.4) is 0 Å². The van der Waals surface area contributed by atoms with Crippen molar-refractivity contribution in [1.82, 2.24) is 0 Å². The van der Waals surface area contributed by atoms with Crippen LogP contribution in [-0.2, 0) is 19.7 Å². The minimum atomic E-state index is -4.08. The number of hydrogen-bond acceptors (Lipinski definition) is 4. The van der Waals surface area contributed by atoms with Gasteiger partial charge in [0, 0.05) is 12.8 Å². The van der Waals surface area contributed by atoms with Gasteiger partial charge in [0.05, 0.1) is 11.2 Å². The zero-order valence-electron chi connectivity index (χ0n) is 14.2. The molecule has 0 amide bonds. The average Bonchev–Trinajstić information content (AvgIpc) is 2.71. The first kappa shape index (κ1) is 20.1. The number of carbonyl (C=O) groups is 2. The van der Waals surface area contributed by atoms with Crippen LogP contribution in [-0.4, -0.2) is 35.6 Å². The van der Waals surface area contributed by atoms with Crippen molar-refractivity contribution in [2.75, 3.05) is 5.75 Å². The normalized spacial score (nSPS) is 28.3. The van der Waals surface area contributed by atoms with Crippen molar-refractivity contribution in [1.29, 1.82) is 0 Å². The second-order valence-corrected chi connectivity index (χ2v) is 8.70. The lowest BCUT2D eigenvalue weighted by Crippen LogP contribution is -2.42. The van der Waals surface area contributed by atoms with Gasteiger partial charge in [-0.05, 0) is 30.6 Å². The molecule has 2 aliphatic rings. The highest BCUT2D eigenvalue weighted by Crippen LogP contribution is 2.64. The third-order valence-corrected chi connectivity index (χ3v) is 6.42. The molecule has 0 aromatic rings. The van der Waals surface area contributed by atoms with Crippen LogP contribution in [0, 0.1) is 16.7 Å². The molecule has 2 unspecified atom stereocenters. The number of carboxylic acids is 1.